The van der Waals surface area contributed by atoms with E-state index in [0.717, 1.165) is 6.26 Å². The van der Waals surface area contributed by atoms with Crippen LogP contribution >= 0.6 is 23.2 Å². The molecule has 0 aliphatic heterocycles. The van der Waals surface area contributed by atoms with Crippen molar-refractivity contribution in [2.75, 3.05) is 22.4 Å². The van der Waals surface area contributed by atoms with Gasteiger partial charge in [-0.15, -0.1) is 0 Å². The summed E-state index contributed by atoms with van der Waals surface area (Å²) in [7, 11) is -3.42. The Bertz CT molecular complexity index is 842. The summed E-state index contributed by atoms with van der Waals surface area (Å²) < 4.78 is 25.2. The number of hydrogen-bond acceptors (Lipinski definition) is 3. The second-order valence-corrected chi connectivity index (χ2v) is 8.20. The summed E-state index contributed by atoms with van der Waals surface area (Å²) >= 11 is 11.8. The van der Waals surface area contributed by atoms with Crippen LogP contribution in [0.15, 0.2) is 48.5 Å². The number of halogens is 2. The molecule has 0 fully saturated rings. The van der Waals surface area contributed by atoms with Gasteiger partial charge in [-0.1, -0.05) is 41.4 Å². The maximum atomic E-state index is 12.0. The number of para-hydroxylation sites is 1. The first kappa shape index (κ1) is 19.6. The SMILES string of the molecule is CS(=O)(=O)N(CCCC(=O)Nc1ccc(Cl)cc1Cl)c1ccccc1. The van der Waals surface area contributed by atoms with E-state index in [0.29, 0.717) is 27.8 Å². The zero-order chi connectivity index (χ0) is 18.4. The highest BCUT2D eigenvalue weighted by Crippen LogP contribution is 2.25. The highest BCUT2D eigenvalue weighted by Gasteiger charge is 2.17. The number of nitrogens with zero attached hydrogens (tertiary/aromatic N) is 1. The molecule has 0 spiro atoms. The second-order valence-electron chi connectivity index (χ2n) is 5.45. The fourth-order valence-corrected chi connectivity index (χ4v) is 3.69. The molecule has 1 N–H and O–H groups in total. The van der Waals surface area contributed by atoms with Crippen LogP contribution in [0.3, 0.4) is 0 Å². The quantitative estimate of drug-likeness (QED) is 0.757. The van der Waals surface area contributed by atoms with Crippen molar-refractivity contribution < 1.29 is 13.2 Å². The third kappa shape index (κ3) is 5.92. The Morgan fingerprint density at radius 1 is 1.12 bits per heavy atom. The second kappa shape index (κ2) is 8.56. The van der Waals surface area contributed by atoms with Gasteiger partial charge in [-0.2, -0.15) is 0 Å². The Labute approximate surface area is 157 Å². The minimum atomic E-state index is -3.42. The van der Waals surface area contributed by atoms with Crippen molar-refractivity contribution in [2.24, 2.45) is 0 Å². The van der Waals surface area contributed by atoms with Gasteiger partial charge in [0.25, 0.3) is 0 Å². The van der Waals surface area contributed by atoms with Gasteiger partial charge in [-0.05, 0) is 36.8 Å². The lowest BCUT2D eigenvalue weighted by molar-refractivity contribution is -0.116. The fourth-order valence-electron chi connectivity index (χ4n) is 2.27. The Morgan fingerprint density at radius 3 is 2.40 bits per heavy atom. The average Bonchev–Trinajstić information content (AvgIpc) is 2.54. The number of rotatable bonds is 7. The predicted octanol–water partition coefficient (Wildman–Crippen LogP) is 4.18. The molecule has 0 aliphatic rings. The van der Waals surface area contributed by atoms with E-state index in [2.05, 4.69) is 5.32 Å². The summed E-state index contributed by atoms with van der Waals surface area (Å²) in [4.78, 5) is 12.0. The molecular formula is C17H18Cl2N2O3S. The number of amides is 1. The molecule has 1 amide bonds. The molecule has 2 rings (SSSR count). The van der Waals surface area contributed by atoms with Crippen LogP contribution in [0.25, 0.3) is 0 Å². The summed E-state index contributed by atoms with van der Waals surface area (Å²) in [6.07, 6.45) is 1.68. The Hall–Kier alpha value is -1.76. The topological polar surface area (TPSA) is 66.5 Å². The van der Waals surface area contributed by atoms with Crippen molar-refractivity contribution in [3.8, 4) is 0 Å². The van der Waals surface area contributed by atoms with E-state index in [4.69, 9.17) is 23.2 Å². The number of benzene rings is 2. The summed E-state index contributed by atoms with van der Waals surface area (Å²) in [6, 6.07) is 13.6. The number of sulfonamides is 1. The molecule has 0 unspecified atom stereocenters. The van der Waals surface area contributed by atoms with Crippen molar-refractivity contribution in [1.82, 2.24) is 0 Å². The lowest BCUT2D eigenvalue weighted by Gasteiger charge is -2.22. The third-order valence-electron chi connectivity index (χ3n) is 3.41. The maximum absolute atomic E-state index is 12.0. The lowest BCUT2D eigenvalue weighted by Crippen LogP contribution is -2.31. The Kier molecular flexibility index (Phi) is 6.70. The van der Waals surface area contributed by atoms with E-state index in [-0.39, 0.29) is 18.9 Å². The molecule has 0 radical (unpaired) electrons. The fraction of sp³-hybridized carbons (Fsp3) is 0.235. The van der Waals surface area contributed by atoms with E-state index < -0.39 is 10.0 Å². The molecular weight excluding hydrogens is 383 g/mol. The zero-order valence-corrected chi connectivity index (χ0v) is 15.9. The van der Waals surface area contributed by atoms with Crippen molar-refractivity contribution >= 4 is 50.5 Å². The van der Waals surface area contributed by atoms with E-state index >= 15 is 0 Å². The molecule has 0 atom stereocenters. The summed E-state index contributed by atoms with van der Waals surface area (Å²) in [6.45, 7) is 0.213. The monoisotopic (exact) mass is 400 g/mol. The molecule has 0 saturated carbocycles. The normalized spacial score (nSPS) is 11.2. The van der Waals surface area contributed by atoms with Crippen LogP contribution in [0.5, 0.6) is 0 Å². The van der Waals surface area contributed by atoms with E-state index in [1.165, 1.54) is 4.31 Å². The van der Waals surface area contributed by atoms with Crippen molar-refractivity contribution in [3.05, 3.63) is 58.6 Å². The van der Waals surface area contributed by atoms with Crippen LogP contribution in [0.2, 0.25) is 10.0 Å². The van der Waals surface area contributed by atoms with Crippen LogP contribution in [-0.2, 0) is 14.8 Å². The van der Waals surface area contributed by atoms with Gasteiger partial charge < -0.3 is 5.32 Å². The summed E-state index contributed by atoms with van der Waals surface area (Å²) in [5, 5.41) is 3.52. The third-order valence-corrected chi connectivity index (χ3v) is 5.16. The Balaban J connectivity index is 1.94. The molecule has 0 saturated heterocycles. The summed E-state index contributed by atoms with van der Waals surface area (Å²) in [5.41, 5.74) is 1.05. The summed E-state index contributed by atoms with van der Waals surface area (Å²) in [5.74, 6) is -0.245. The van der Waals surface area contributed by atoms with E-state index in [1.54, 1.807) is 42.5 Å². The molecule has 2 aromatic rings. The molecule has 0 heterocycles. The smallest absolute Gasteiger partial charge is 0.232 e. The number of anilines is 2. The van der Waals surface area contributed by atoms with Crippen LogP contribution in [0, 0.1) is 0 Å². The van der Waals surface area contributed by atoms with Gasteiger partial charge in [0.15, 0.2) is 0 Å². The van der Waals surface area contributed by atoms with Crippen molar-refractivity contribution in [3.63, 3.8) is 0 Å². The van der Waals surface area contributed by atoms with Gasteiger partial charge in [0, 0.05) is 18.0 Å². The van der Waals surface area contributed by atoms with E-state index in [9.17, 15) is 13.2 Å². The molecule has 134 valence electrons. The molecule has 2 aromatic carbocycles. The van der Waals surface area contributed by atoms with Crippen LogP contribution in [0.4, 0.5) is 11.4 Å². The maximum Gasteiger partial charge on any atom is 0.232 e. The van der Waals surface area contributed by atoms with Crippen LogP contribution < -0.4 is 9.62 Å². The number of carbonyl (C=O) groups is 1. The first-order valence-electron chi connectivity index (χ1n) is 7.55. The molecule has 0 aliphatic carbocycles. The minimum absolute atomic E-state index is 0.164. The van der Waals surface area contributed by atoms with Crippen molar-refractivity contribution in [1.29, 1.82) is 0 Å². The average molecular weight is 401 g/mol. The van der Waals surface area contributed by atoms with Gasteiger partial charge in [0.1, 0.15) is 0 Å². The first-order valence-corrected chi connectivity index (χ1v) is 10.2. The molecule has 0 bridgehead atoms. The van der Waals surface area contributed by atoms with Gasteiger partial charge in [0.05, 0.1) is 22.7 Å². The highest BCUT2D eigenvalue weighted by atomic mass is 35.5. The van der Waals surface area contributed by atoms with Gasteiger partial charge in [-0.25, -0.2) is 8.42 Å². The lowest BCUT2D eigenvalue weighted by atomic mass is 10.2. The predicted molar refractivity (Wildman–Crippen MR) is 103 cm³/mol. The van der Waals surface area contributed by atoms with E-state index in [1.807, 2.05) is 6.07 Å². The van der Waals surface area contributed by atoms with Crippen LogP contribution in [-0.4, -0.2) is 27.1 Å². The number of hydrogen-bond donors (Lipinski definition) is 1. The zero-order valence-electron chi connectivity index (χ0n) is 13.6. The highest BCUT2D eigenvalue weighted by molar-refractivity contribution is 7.92. The minimum Gasteiger partial charge on any atom is -0.325 e. The first-order chi connectivity index (χ1) is 11.8. The van der Waals surface area contributed by atoms with Crippen molar-refractivity contribution in [2.45, 2.75) is 12.8 Å². The van der Waals surface area contributed by atoms with Gasteiger partial charge in [0.2, 0.25) is 15.9 Å². The largest absolute Gasteiger partial charge is 0.325 e. The van der Waals surface area contributed by atoms with Gasteiger partial charge in [-0.3, -0.25) is 9.10 Å². The Morgan fingerprint density at radius 2 is 1.80 bits per heavy atom. The molecule has 5 nitrogen and oxygen atoms in total. The number of nitrogens with one attached hydrogen (secondary N) is 1. The standard InChI is InChI=1S/C17H18Cl2N2O3S/c1-25(23,24)21(14-6-3-2-4-7-14)11-5-8-17(22)20-16-10-9-13(18)12-15(16)19/h2-4,6-7,9-10,12H,5,8,11H2,1H3,(H,20,22). The van der Waals surface area contributed by atoms with Crippen LogP contribution in [0.1, 0.15) is 12.8 Å². The van der Waals surface area contributed by atoms with Gasteiger partial charge >= 0.3 is 0 Å². The molecule has 8 heteroatoms. The number of carbonyl (C=O) groups excluding carboxylic acids is 1. The molecule has 0 aromatic heterocycles. The molecule has 25 heavy (non-hydrogen) atoms.